The molecular formula is C21H23N3O7S. The molecule has 0 spiro atoms. The van der Waals surface area contributed by atoms with Crippen LogP contribution in [0.1, 0.15) is 6.42 Å². The largest absolute Gasteiger partial charge is 0.493 e. The number of H-pyrrole nitrogens is 1. The van der Waals surface area contributed by atoms with Crippen molar-refractivity contribution >= 4 is 32.5 Å². The van der Waals surface area contributed by atoms with Gasteiger partial charge in [-0.2, -0.15) is 0 Å². The van der Waals surface area contributed by atoms with Gasteiger partial charge >= 0.3 is 0 Å². The Morgan fingerprint density at radius 1 is 0.969 bits per heavy atom. The molecule has 3 rings (SSSR count). The number of sulfonamides is 1. The molecule has 0 radical (unpaired) electrons. The van der Waals surface area contributed by atoms with Crippen LogP contribution < -0.4 is 29.8 Å². The van der Waals surface area contributed by atoms with Crippen molar-refractivity contribution in [3.05, 3.63) is 52.8 Å². The smallest absolute Gasteiger partial charge is 0.248 e. The molecule has 0 atom stereocenters. The van der Waals surface area contributed by atoms with E-state index < -0.39 is 15.9 Å². The van der Waals surface area contributed by atoms with Crippen LogP contribution in [-0.4, -0.2) is 47.2 Å². The summed E-state index contributed by atoms with van der Waals surface area (Å²) in [6.07, 6.45) is -0.100. The summed E-state index contributed by atoms with van der Waals surface area (Å²) in [5, 5.41) is 3.25. The molecule has 0 aliphatic rings. The van der Waals surface area contributed by atoms with Crippen LogP contribution in [0.5, 0.6) is 17.2 Å². The summed E-state index contributed by atoms with van der Waals surface area (Å²) in [5.41, 5.74) is 0.668. The minimum Gasteiger partial charge on any atom is -0.493 e. The van der Waals surface area contributed by atoms with E-state index >= 15 is 0 Å². The molecule has 32 heavy (non-hydrogen) atoms. The van der Waals surface area contributed by atoms with E-state index in [4.69, 9.17) is 14.2 Å². The van der Waals surface area contributed by atoms with E-state index in [1.165, 1.54) is 51.7 Å². The molecule has 1 aromatic heterocycles. The van der Waals surface area contributed by atoms with E-state index in [9.17, 15) is 18.0 Å². The molecule has 0 saturated heterocycles. The second kappa shape index (κ2) is 9.71. The highest BCUT2D eigenvalue weighted by Gasteiger charge is 2.17. The first-order valence-electron chi connectivity index (χ1n) is 9.50. The number of aromatic nitrogens is 1. The predicted molar refractivity (Wildman–Crippen MR) is 119 cm³/mol. The third kappa shape index (κ3) is 5.18. The van der Waals surface area contributed by atoms with Gasteiger partial charge in [0.2, 0.25) is 27.2 Å². The first-order chi connectivity index (χ1) is 15.3. The summed E-state index contributed by atoms with van der Waals surface area (Å²) in [6, 6.07) is 10.4. The van der Waals surface area contributed by atoms with Crippen molar-refractivity contribution in [2.45, 2.75) is 11.3 Å². The molecule has 3 aromatic rings. The summed E-state index contributed by atoms with van der Waals surface area (Å²) in [4.78, 5) is 26.3. The minimum atomic E-state index is -3.84. The van der Waals surface area contributed by atoms with E-state index in [2.05, 4.69) is 15.0 Å². The summed E-state index contributed by atoms with van der Waals surface area (Å²) in [7, 11) is 0.553. The van der Waals surface area contributed by atoms with Gasteiger partial charge in [0, 0.05) is 42.4 Å². The number of benzene rings is 2. The number of methoxy groups -OCH3 is 3. The molecule has 0 saturated carbocycles. The SMILES string of the molecule is COc1cc(NC(=O)CCNS(=O)(=O)c2ccc3[nH]c(=O)ccc3c2)cc(OC)c1OC. The Morgan fingerprint density at radius 2 is 1.66 bits per heavy atom. The number of carbonyl (C=O) groups excluding carboxylic acids is 1. The summed E-state index contributed by atoms with van der Waals surface area (Å²) < 4.78 is 43.2. The first kappa shape index (κ1) is 23.1. The first-order valence-corrected chi connectivity index (χ1v) is 11.0. The number of hydrogen-bond donors (Lipinski definition) is 3. The van der Waals surface area contributed by atoms with Crippen LogP contribution >= 0.6 is 0 Å². The van der Waals surface area contributed by atoms with E-state index in [0.717, 1.165) is 0 Å². The van der Waals surface area contributed by atoms with Gasteiger partial charge in [-0.1, -0.05) is 0 Å². The molecule has 1 amide bonds. The topological polar surface area (TPSA) is 136 Å². The third-order valence-corrected chi connectivity index (χ3v) is 6.06. The van der Waals surface area contributed by atoms with Gasteiger partial charge in [-0.3, -0.25) is 9.59 Å². The van der Waals surface area contributed by atoms with Crippen LogP contribution in [0.2, 0.25) is 0 Å². The zero-order valence-corrected chi connectivity index (χ0v) is 18.5. The maximum Gasteiger partial charge on any atom is 0.248 e. The molecule has 170 valence electrons. The number of rotatable bonds is 9. The number of nitrogens with one attached hydrogen (secondary N) is 3. The Labute approximate surface area is 184 Å². The van der Waals surface area contributed by atoms with Gasteiger partial charge in [-0.25, -0.2) is 13.1 Å². The molecule has 11 heteroatoms. The number of aromatic amines is 1. The van der Waals surface area contributed by atoms with Crippen LogP contribution in [0.3, 0.4) is 0 Å². The molecule has 0 aliphatic heterocycles. The lowest BCUT2D eigenvalue weighted by atomic mass is 10.2. The van der Waals surface area contributed by atoms with Gasteiger partial charge < -0.3 is 24.5 Å². The lowest BCUT2D eigenvalue weighted by Crippen LogP contribution is -2.27. The van der Waals surface area contributed by atoms with Crippen molar-refractivity contribution in [2.75, 3.05) is 33.2 Å². The summed E-state index contributed by atoms with van der Waals surface area (Å²) >= 11 is 0. The predicted octanol–water partition coefficient (Wildman–Crippen LogP) is 1.86. The molecule has 0 fully saturated rings. The maximum absolute atomic E-state index is 12.6. The summed E-state index contributed by atoms with van der Waals surface area (Å²) in [5.74, 6) is 0.735. The van der Waals surface area contributed by atoms with Gasteiger partial charge in [0.25, 0.3) is 0 Å². The van der Waals surface area contributed by atoms with Gasteiger partial charge in [-0.15, -0.1) is 0 Å². The molecule has 3 N–H and O–H groups in total. The number of carbonyl (C=O) groups is 1. The van der Waals surface area contributed by atoms with E-state index in [-0.39, 0.29) is 23.4 Å². The van der Waals surface area contributed by atoms with Crippen LogP contribution in [0.15, 0.2) is 52.2 Å². The Kier molecular flexibility index (Phi) is 7.01. The minimum absolute atomic E-state index is 0.0297. The van der Waals surface area contributed by atoms with Gasteiger partial charge in [0.1, 0.15) is 0 Å². The Balaban J connectivity index is 1.64. The van der Waals surface area contributed by atoms with Crippen molar-refractivity contribution < 1.29 is 27.4 Å². The van der Waals surface area contributed by atoms with Gasteiger partial charge in [-0.05, 0) is 29.7 Å². The average Bonchev–Trinajstić information content (AvgIpc) is 2.77. The maximum atomic E-state index is 12.6. The van der Waals surface area contributed by atoms with Crippen molar-refractivity contribution in [1.82, 2.24) is 9.71 Å². The van der Waals surface area contributed by atoms with Crippen molar-refractivity contribution in [3.63, 3.8) is 0 Å². The van der Waals surface area contributed by atoms with Crippen LogP contribution in [0, 0.1) is 0 Å². The highest BCUT2D eigenvalue weighted by molar-refractivity contribution is 7.89. The van der Waals surface area contributed by atoms with Crippen molar-refractivity contribution in [1.29, 1.82) is 0 Å². The number of anilines is 1. The molecule has 0 bridgehead atoms. The number of hydrogen-bond acceptors (Lipinski definition) is 7. The number of amides is 1. The quantitative estimate of drug-likeness (QED) is 0.442. The lowest BCUT2D eigenvalue weighted by Gasteiger charge is -2.14. The lowest BCUT2D eigenvalue weighted by molar-refractivity contribution is -0.116. The molecule has 0 aliphatic carbocycles. The number of fused-ring (bicyclic) bond motifs is 1. The normalized spacial score (nSPS) is 11.2. The molecule has 1 heterocycles. The average molecular weight is 461 g/mol. The fourth-order valence-corrected chi connectivity index (χ4v) is 4.13. The molecule has 0 unspecified atom stereocenters. The van der Waals surface area contributed by atoms with Gasteiger partial charge in [0.05, 0.1) is 26.2 Å². The van der Waals surface area contributed by atoms with Crippen LogP contribution in [0.25, 0.3) is 10.9 Å². The number of pyridine rings is 1. The zero-order valence-electron chi connectivity index (χ0n) is 17.7. The Hall–Kier alpha value is -3.57. The second-order valence-corrected chi connectivity index (χ2v) is 8.45. The fourth-order valence-electron chi connectivity index (χ4n) is 3.06. The standard InChI is InChI=1S/C21H23N3O7S/c1-29-17-11-14(12-18(30-2)21(17)31-3)23-20(26)8-9-22-32(27,28)15-5-6-16-13(10-15)4-7-19(25)24-16/h4-7,10-12,22H,8-9H2,1-3H3,(H,23,26)(H,24,25). The van der Waals surface area contributed by atoms with Gasteiger partial charge in [0.15, 0.2) is 11.5 Å². The monoisotopic (exact) mass is 461 g/mol. The van der Waals surface area contributed by atoms with E-state index in [0.29, 0.717) is 33.8 Å². The molecule has 2 aromatic carbocycles. The highest BCUT2D eigenvalue weighted by atomic mass is 32.2. The molecule has 10 nitrogen and oxygen atoms in total. The molecular weight excluding hydrogens is 438 g/mol. The van der Waals surface area contributed by atoms with Crippen molar-refractivity contribution in [2.24, 2.45) is 0 Å². The fraction of sp³-hybridized carbons (Fsp3) is 0.238. The Bertz CT molecular complexity index is 1280. The highest BCUT2D eigenvalue weighted by Crippen LogP contribution is 2.39. The van der Waals surface area contributed by atoms with Crippen LogP contribution in [0.4, 0.5) is 5.69 Å². The van der Waals surface area contributed by atoms with E-state index in [1.807, 2.05) is 0 Å². The zero-order chi connectivity index (χ0) is 23.3. The number of ether oxygens (including phenoxy) is 3. The van der Waals surface area contributed by atoms with E-state index in [1.54, 1.807) is 12.1 Å². The van der Waals surface area contributed by atoms with Crippen molar-refractivity contribution in [3.8, 4) is 17.2 Å². The summed E-state index contributed by atoms with van der Waals surface area (Å²) in [6.45, 7) is -0.109. The third-order valence-electron chi connectivity index (χ3n) is 4.60. The van der Waals surface area contributed by atoms with Crippen LogP contribution in [-0.2, 0) is 14.8 Å². The Morgan fingerprint density at radius 3 is 2.28 bits per heavy atom. The second-order valence-electron chi connectivity index (χ2n) is 6.68.